The molecule has 0 aliphatic carbocycles. The van der Waals surface area contributed by atoms with Crippen LogP contribution in [0.3, 0.4) is 0 Å². The van der Waals surface area contributed by atoms with Gasteiger partial charge in [-0.3, -0.25) is 14.4 Å². The second kappa shape index (κ2) is 9.97. The van der Waals surface area contributed by atoms with Crippen molar-refractivity contribution in [1.29, 1.82) is 0 Å². The number of ether oxygens (including phenoxy) is 2. The highest BCUT2D eigenvalue weighted by atomic mass is 16.7. The smallest absolute Gasteiger partial charge is 0.274 e. The van der Waals surface area contributed by atoms with E-state index in [1.165, 1.54) is 16.8 Å². The van der Waals surface area contributed by atoms with E-state index in [1.54, 1.807) is 0 Å². The first-order chi connectivity index (χ1) is 17.6. The minimum atomic E-state index is 0.103. The highest BCUT2D eigenvalue weighted by Crippen LogP contribution is 2.33. The first kappa shape index (κ1) is 23.1. The molecule has 0 N–H and O–H groups in total. The van der Waals surface area contributed by atoms with Crippen LogP contribution in [0.2, 0.25) is 0 Å². The number of hydrogen-bond acceptors (Lipinski definition) is 5. The molecule has 7 heteroatoms. The van der Waals surface area contributed by atoms with Gasteiger partial charge in [0.2, 0.25) is 6.79 Å². The molecule has 4 heterocycles. The molecule has 1 atom stereocenters. The molecule has 3 aliphatic rings. The van der Waals surface area contributed by atoms with Gasteiger partial charge in [-0.1, -0.05) is 43.3 Å². The highest BCUT2D eigenvalue weighted by Gasteiger charge is 2.31. The summed E-state index contributed by atoms with van der Waals surface area (Å²) < 4.78 is 13.1. The molecular formula is C29H34N4O3. The number of carbonyl (C=O) groups excluding carboxylic acids is 1. The van der Waals surface area contributed by atoms with Crippen LogP contribution in [0, 0.1) is 5.92 Å². The van der Waals surface area contributed by atoms with Crippen LogP contribution in [0.25, 0.3) is 0 Å². The summed E-state index contributed by atoms with van der Waals surface area (Å²) in [7, 11) is 0. The maximum atomic E-state index is 13.5. The molecule has 36 heavy (non-hydrogen) atoms. The second-order valence-corrected chi connectivity index (χ2v) is 10.4. The summed E-state index contributed by atoms with van der Waals surface area (Å²) in [6.45, 7) is 7.74. The minimum Gasteiger partial charge on any atom is -0.454 e. The Bertz CT molecular complexity index is 1230. The number of hydrogen-bond donors (Lipinski definition) is 0. The van der Waals surface area contributed by atoms with Gasteiger partial charge in [0.1, 0.15) is 0 Å². The van der Waals surface area contributed by atoms with Crippen LogP contribution in [0.5, 0.6) is 11.5 Å². The molecule has 0 spiro atoms. The first-order valence-corrected chi connectivity index (χ1v) is 13.2. The maximum Gasteiger partial charge on any atom is 0.274 e. The van der Waals surface area contributed by atoms with Crippen molar-refractivity contribution < 1.29 is 14.3 Å². The van der Waals surface area contributed by atoms with E-state index in [-0.39, 0.29) is 5.91 Å². The Balaban J connectivity index is 1.19. The summed E-state index contributed by atoms with van der Waals surface area (Å²) in [5.74, 6) is 2.26. The number of amides is 1. The Hall–Kier alpha value is -3.32. The summed E-state index contributed by atoms with van der Waals surface area (Å²) in [4.78, 5) is 17.9. The summed E-state index contributed by atoms with van der Waals surface area (Å²) in [6.07, 6.45) is 4.07. The summed E-state index contributed by atoms with van der Waals surface area (Å²) in [6, 6.07) is 16.7. The predicted octanol–water partition coefficient (Wildman–Crippen LogP) is 4.13. The van der Waals surface area contributed by atoms with E-state index in [0.717, 1.165) is 75.5 Å². The van der Waals surface area contributed by atoms with Crippen molar-refractivity contribution in [3.63, 3.8) is 0 Å². The van der Waals surface area contributed by atoms with Crippen molar-refractivity contribution in [2.75, 3.05) is 33.0 Å². The van der Waals surface area contributed by atoms with E-state index in [4.69, 9.17) is 14.6 Å². The zero-order valence-corrected chi connectivity index (χ0v) is 21.0. The largest absolute Gasteiger partial charge is 0.454 e. The van der Waals surface area contributed by atoms with Gasteiger partial charge in [0.15, 0.2) is 17.2 Å². The molecule has 0 bridgehead atoms. The van der Waals surface area contributed by atoms with Crippen molar-refractivity contribution in [3.05, 3.63) is 76.6 Å². The van der Waals surface area contributed by atoms with Gasteiger partial charge in [0.05, 0.1) is 6.54 Å². The normalized spacial score (nSPS) is 17.9. The fourth-order valence-electron chi connectivity index (χ4n) is 5.81. The lowest BCUT2D eigenvalue weighted by Crippen LogP contribution is -2.36. The lowest BCUT2D eigenvalue weighted by Gasteiger charge is -2.30. The monoisotopic (exact) mass is 486 g/mol. The van der Waals surface area contributed by atoms with Crippen molar-refractivity contribution in [2.45, 2.75) is 45.7 Å². The molecule has 0 saturated carbocycles. The maximum absolute atomic E-state index is 13.5. The van der Waals surface area contributed by atoms with Gasteiger partial charge < -0.3 is 14.4 Å². The molecule has 1 aromatic heterocycles. The summed E-state index contributed by atoms with van der Waals surface area (Å²) in [5.41, 5.74) is 5.49. The van der Waals surface area contributed by atoms with E-state index in [1.807, 2.05) is 17.0 Å². The molecule has 1 fully saturated rings. The number of nitrogens with zero attached hydrogens (tertiary/aromatic N) is 4. The van der Waals surface area contributed by atoms with E-state index < -0.39 is 0 Å². The third-order valence-electron chi connectivity index (χ3n) is 7.58. The number of aromatic nitrogens is 2. The molecule has 1 saturated heterocycles. The van der Waals surface area contributed by atoms with Gasteiger partial charge in [-0.25, -0.2) is 0 Å². The quantitative estimate of drug-likeness (QED) is 0.503. The SMILES string of the molecule is C[C@@H](Cc1ccc2c(c1)OCO2)CN1CCc2c(c(C(=O)N3CCCC3)nn2Cc2ccccc2)C1. The molecule has 7 nitrogen and oxygen atoms in total. The van der Waals surface area contributed by atoms with Crippen molar-refractivity contribution >= 4 is 5.91 Å². The van der Waals surface area contributed by atoms with Crippen LogP contribution in [-0.4, -0.2) is 58.5 Å². The zero-order chi connectivity index (χ0) is 24.5. The Morgan fingerprint density at radius 1 is 1.00 bits per heavy atom. The molecular weight excluding hydrogens is 452 g/mol. The second-order valence-electron chi connectivity index (χ2n) is 10.4. The average molecular weight is 487 g/mol. The van der Waals surface area contributed by atoms with E-state index in [9.17, 15) is 4.79 Å². The number of rotatable bonds is 7. The molecule has 3 aromatic rings. The molecule has 1 amide bonds. The summed E-state index contributed by atoms with van der Waals surface area (Å²) >= 11 is 0. The van der Waals surface area contributed by atoms with Crippen LogP contribution in [0.4, 0.5) is 0 Å². The molecule has 3 aliphatic heterocycles. The van der Waals surface area contributed by atoms with Gasteiger partial charge in [-0.05, 0) is 48.4 Å². The van der Waals surface area contributed by atoms with E-state index >= 15 is 0 Å². The molecule has 0 radical (unpaired) electrons. The predicted molar refractivity (Wildman–Crippen MR) is 137 cm³/mol. The number of carbonyl (C=O) groups is 1. The van der Waals surface area contributed by atoms with E-state index in [2.05, 4.69) is 52.9 Å². The highest BCUT2D eigenvalue weighted by molar-refractivity contribution is 5.94. The number of likely N-dealkylation sites (tertiary alicyclic amines) is 1. The third-order valence-corrected chi connectivity index (χ3v) is 7.58. The Kier molecular flexibility index (Phi) is 6.40. The van der Waals surface area contributed by atoms with Gasteiger partial charge in [-0.2, -0.15) is 5.10 Å². The topological polar surface area (TPSA) is 59.8 Å². The number of benzene rings is 2. The molecule has 0 unspecified atom stereocenters. The van der Waals surface area contributed by atoms with Crippen molar-refractivity contribution in [2.24, 2.45) is 5.92 Å². The average Bonchev–Trinajstić information content (AvgIpc) is 3.65. The lowest BCUT2D eigenvalue weighted by atomic mass is 9.98. The van der Waals surface area contributed by atoms with Gasteiger partial charge in [0, 0.05) is 50.4 Å². The van der Waals surface area contributed by atoms with Crippen LogP contribution in [-0.2, 0) is 25.9 Å². The van der Waals surface area contributed by atoms with Gasteiger partial charge in [-0.15, -0.1) is 0 Å². The van der Waals surface area contributed by atoms with Crippen LogP contribution < -0.4 is 9.47 Å². The van der Waals surface area contributed by atoms with Crippen molar-refractivity contribution in [1.82, 2.24) is 19.6 Å². The Labute approximate surface area is 212 Å². The zero-order valence-electron chi connectivity index (χ0n) is 21.0. The Morgan fingerprint density at radius 2 is 1.81 bits per heavy atom. The summed E-state index contributed by atoms with van der Waals surface area (Å²) in [5, 5.41) is 4.92. The molecule has 2 aromatic carbocycles. The molecule has 188 valence electrons. The molecule has 6 rings (SSSR count). The van der Waals surface area contributed by atoms with Crippen LogP contribution in [0.1, 0.15) is 52.6 Å². The van der Waals surface area contributed by atoms with E-state index in [0.29, 0.717) is 24.9 Å². The Morgan fingerprint density at radius 3 is 2.64 bits per heavy atom. The number of fused-ring (bicyclic) bond motifs is 2. The van der Waals surface area contributed by atoms with Crippen LogP contribution in [0.15, 0.2) is 48.5 Å². The van der Waals surface area contributed by atoms with Crippen LogP contribution >= 0.6 is 0 Å². The first-order valence-electron chi connectivity index (χ1n) is 13.2. The third kappa shape index (κ3) is 4.72. The lowest BCUT2D eigenvalue weighted by molar-refractivity contribution is 0.0783. The van der Waals surface area contributed by atoms with Gasteiger partial charge >= 0.3 is 0 Å². The van der Waals surface area contributed by atoms with Gasteiger partial charge in [0.25, 0.3) is 5.91 Å². The standard InChI is InChI=1S/C29H34N4O3/c1-21(15-23-9-10-26-27(16-23)36-20-35-26)17-31-14-11-25-24(19-31)28(29(34)32-12-5-6-13-32)30-33(25)18-22-7-3-2-4-8-22/h2-4,7-10,16,21H,5-6,11-15,17-20H2,1H3/t21-/m0/s1. The fourth-order valence-corrected chi connectivity index (χ4v) is 5.81. The van der Waals surface area contributed by atoms with Crippen molar-refractivity contribution in [3.8, 4) is 11.5 Å². The fraction of sp³-hybridized carbons (Fsp3) is 0.448. The minimum absolute atomic E-state index is 0.103.